The van der Waals surface area contributed by atoms with E-state index in [9.17, 15) is 23.2 Å². The number of halogens is 2. The van der Waals surface area contributed by atoms with Gasteiger partial charge in [0.15, 0.2) is 5.54 Å². The van der Waals surface area contributed by atoms with Crippen LogP contribution in [0.4, 0.5) is 14.5 Å². The van der Waals surface area contributed by atoms with Gasteiger partial charge in [-0.25, -0.2) is 8.78 Å². The number of carbonyl (C=O) groups is 3. The van der Waals surface area contributed by atoms with Gasteiger partial charge >= 0.3 is 0 Å². The molecule has 3 amide bonds. The van der Waals surface area contributed by atoms with Crippen molar-refractivity contribution in [3.05, 3.63) is 65.2 Å². The number of anilines is 1. The van der Waals surface area contributed by atoms with Crippen LogP contribution < -0.4 is 4.90 Å². The second-order valence-electron chi connectivity index (χ2n) is 8.75. The number of rotatable bonds is 5. The summed E-state index contributed by atoms with van der Waals surface area (Å²) in [4.78, 5) is 43.6. The third-order valence-corrected chi connectivity index (χ3v) is 6.42. The summed E-state index contributed by atoms with van der Waals surface area (Å²) in [6.45, 7) is 2.56. The monoisotopic (exact) mass is 466 g/mol. The van der Waals surface area contributed by atoms with Crippen molar-refractivity contribution >= 4 is 23.4 Å². The average Bonchev–Trinajstić information content (AvgIpc) is 2.79. The maximum atomic E-state index is 13.7. The van der Waals surface area contributed by atoms with E-state index in [1.807, 2.05) is 6.07 Å². The van der Waals surface area contributed by atoms with E-state index in [-0.39, 0.29) is 55.9 Å². The number of likely N-dealkylation sites (tertiary alicyclic amines) is 1. The minimum absolute atomic E-state index is 0.0650. The van der Waals surface area contributed by atoms with Crippen LogP contribution in [0, 0.1) is 11.3 Å². The molecule has 34 heavy (non-hydrogen) atoms. The predicted molar refractivity (Wildman–Crippen MR) is 120 cm³/mol. The smallest absolute Gasteiger partial charge is 0.270 e. The summed E-state index contributed by atoms with van der Waals surface area (Å²) in [5.74, 6) is -3.71. The molecule has 0 saturated carbocycles. The van der Waals surface area contributed by atoms with Crippen molar-refractivity contribution < 1.29 is 23.2 Å². The fourth-order valence-electron chi connectivity index (χ4n) is 4.44. The third-order valence-electron chi connectivity index (χ3n) is 6.42. The molecular weight excluding hydrogens is 442 g/mol. The van der Waals surface area contributed by atoms with E-state index < -0.39 is 11.5 Å². The Kier molecular flexibility index (Phi) is 5.86. The van der Waals surface area contributed by atoms with Gasteiger partial charge in [0.05, 0.1) is 24.7 Å². The molecule has 0 aromatic heterocycles. The summed E-state index contributed by atoms with van der Waals surface area (Å²) < 4.78 is 27.2. The Morgan fingerprint density at radius 3 is 2.24 bits per heavy atom. The molecule has 2 saturated heterocycles. The molecular formula is C25H24F2N4O3. The lowest BCUT2D eigenvalue weighted by atomic mass is 9.82. The second-order valence-corrected chi connectivity index (χ2v) is 8.75. The number of alkyl halides is 2. The van der Waals surface area contributed by atoms with Gasteiger partial charge in [-0.1, -0.05) is 31.2 Å². The van der Waals surface area contributed by atoms with Crippen LogP contribution in [0.1, 0.15) is 37.0 Å². The summed E-state index contributed by atoms with van der Waals surface area (Å²) in [6, 6.07) is 14.1. The molecule has 2 aliphatic rings. The Hall–Kier alpha value is -3.80. The molecule has 2 fully saturated rings. The maximum absolute atomic E-state index is 13.7. The molecule has 1 spiro atoms. The molecule has 4 rings (SSSR count). The van der Waals surface area contributed by atoms with Crippen LogP contribution in [0.15, 0.2) is 48.5 Å². The van der Waals surface area contributed by atoms with Crippen LogP contribution in [0.2, 0.25) is 0 Å². The van der Waals surface area contributed by atoms with Gasteiger partial charge in [-0.15, -0.1) is 0 Å². The first-order valence-corrected chi connectivity index (χ1v) is 11.0. The van der Waals surface area contributed by atoms with Crippen LogP contribution in [0.5, 0.6) is 0 Å². The fraction of sp³-hybridized carbons (Fsp3) is 0.360. The summed E-state index contributed by atoms with van der Waals surface area (Å²) in [5.41, 5.74) is 0.163. The molecule has 0 radical (unpaired) electrons. The van der Waals surface area contributed by atoms with Crippen molar-refractivity contribution in [2.24, 2.45) is 0 Å². The largest absolute Gasteiger partial charge is 0.337 e. The Labute approximate surface area is 196 Å². The highest BCUT2D eigenvalue weighted by Crippen LogP contribution is 2.37. The predicted octanol–water partition coefficient (Wildman–Crippen LogP) is 3.04. The lowest BCUT2D eigenvalue weighted by Crippen LogP contribution is -2.81. The highest BCUT2D eigenvalue weighted by molar-refractivity contribution is 6.10. The first kappa shape index (κ1) is 23.4. The first-order valence-electron chi connectivity index (χ1n) is 11.0. The highest BCUT2D eigenvalue weighted by Gasteiger charge is 2.60. The second kappa shape index (κ2) is 8.52. The van der Waals surface area contributed by atoms with E-state index >= 15 is 0 Å². The van der Waals surface area contributed by atoms with Gasteiger partial charge in [-0.3, -0.25) is 14.4 Å². The summed E-state index contributed by atoms with van der Waals surface area (Å²) in [7, 11) is 0. The Bertz CT molecular complexity index is 1160. The molecule has 176 valence electrons. The Balaban J connectivity index is 1.64. The van der Waals surface area contributed by atoms with Gasteiger partial charge in [0.25, 0.3) is 11.8 Å². The van der Waals surface area contributed by atoms with Gasteiger partial charge in [0.1, 0.15) is 6.54 Å². The van der Waals surface area contributed by atoms with Crippen LogP contribution in [0.3, 0.4) is 0 Å². The van der Waals surface area contributed by atoms with E-state index in [4.69, 9.17) is 5.26 Å². The minimum Gasteiger partial charge on any atom is -0.337 e. The van der Waals surface area contributed by atoms with Gasteiger partial charge < -0.3 is 14.7 Å². The lowest BCUT2D eigenvalue weighted by molar-refractivity contribution is -0.170. The van der Waals surface area contributed by atoms with Crippen LogP contribution in [0.25, 0.3) is 0 Å². The molecule has 2 aromatic rings. The molecule has 2 aromatic carbocycles. The maximum Gasteiger partial charge on any atom is 0.270 e. The van der Waals surface area contributed by atoms with Crippen molar-refractivity contribution in [3.63, 3.8) is 0 Å². The standard InChI is InChI=1S/C25H24F2N4O3/c1-3-21(32)29-15-25(16-29)23(34)30(20-10-6-17(12-28)7-11-20)14-22(33)31(25)13-18-4-8-19(9-5-18)24(2,26)27/h4-11H,3,13-16H2,1-2H3. The molecule has 2 heterocycles. The Morgan fingerprint density at radius 2 is 1.71 bits per heavy atom. The molecule has 7 nitrogen and oxygen atoms in total. The van der Waals surface area contributed by atoms with Crippen LogP contribution in [-0.2, 0) is 26.9 Å². The molecule has 0 bridgehead atoms. The quantitative estimate of drug-likeness (QED) is 0.678. The number of hydrogen-bond acceptors (Lipinski definition) is 4. The molecule has 0 aliphatic carbocycles. The molecule has 2 aliphatic heterocycles. The van der Waals surface area contributed by atoms with Gasteiger partial charge in [0.2, 0.25) is 11.8 Å². The number of hydrogen-bond donors (Lipinski definition) is 0. The van der Waals surface area contributed by atoms with E-state index in [2.05, 4.69) is 0 Å². The summed E-state index contributed by atoms with van der Waals surface area (Å²) in [5, 5.41) is 9.03. The van der Waals surface area contributed by atoms with Gasteiger partial charge in [-0.05, 0) is 29.8 Å². The zero-order valence-corrected chi connectivity index (χ0v) is 18.9. The van der Waals surface area contributed by atoms with Crippen LogP contribution in [-0.4, -0.2) is 52.7 Å². The first-order chi connectivity index (χ1) is 16.1. The van der Waals surface area contributed by atoms with E-state index in [1.54, 1.807) is 36.1 Å². The fourth-order valence-corrected chi connectivity index (χ4v) is 4.44. The number of amides is 3. The average molecular weight is 466 g/mol. The number of nitrogens with zero attached hydrogens (tertiary/aromatic N) is 4. The topological polar surface area (TPSA) is 84.7 Å². The van der Waals surface area contributed by atoms with Crippen molar-refractivity contribution in [2.75, 3.05) is 24.5 Å². The van der Waals surface area contributed by atoms with Crippen molar-refractivity contribution in [1.29, 1.82) is 5.26 Å². The number of carbonyl (C=O) groups excluding carboxylic acids is 3. The van der Waals surface area contributed by atoms with Crippen molar-refractivity contribution in [1.82, 2.24) is 9.80 Å². The number of benzene rings is 2. The van der Waals surface area contributed by atoms with Crippen LogP contribution >= 0.6 is 0 Å². The lowest BCUT2D eigenvalue weighted by Gasteiger charge is -2.58. The summed E-state index contributed by atoms with van der Waals surface area (Å²) >= 11 is 0. The van der Waals surface area contributed by atoms with Gasteiger partial charge in [0, 0.05) is 31.1 Å². The zero-order chi connectivity index (χ0) is 24.7. The Morgan fingerprint density at radius 1 is 1.09 bits per heavy atom. The SMILES string of the molecule is CCC(=O)N1CC2(C1)C(=O)N(c1ccc(C#N)cc1)CC(=O)N2Cc1ccc(C(C)(F)F)cc1. The van der Waals surface area contributed by atoms with Gasteiger partial charge in [-0.2, -0.15) is 5.26 Å². The molecule has 0 atom stereocenters. The number of nitriles is 1. The number of piperazine rings is 1. The van der Waals surface area contributed by atoms with Crippen molar-refractivity contribution in [3.8, 4) is 6.07 Å². The molecule has 0 unspecified atom stereocenters. The zero-order valence-electron chi connectivity index (χ0n) is 18.9. The van der Waals surface area contributed by atoms with E-state index in [0.29, 0.717) is 16.8 Å². The molecule has 0 N–H and O–H groups in total. The normalized spacial score (nSPS) is 17.6. The van der Waals surface area contributed by atoms with E-state index in [1.165, 1.54) is 34.1 Å². The summed E-state index contributed by atoms with van der Waals surface area (Å²) in [6.07, 6.45) is 0.282. The van der Waals surface area contributed by atoms with E-state index in [0.717, 1.165) is 6.92 Å². The van der Waals surface area contributed by atoms with Crippen molar-refractivity contribution in [2.45, 2.75) is 38.3 Å². The molecule has 9 heteroatoms. The highest BCUT2D eigenvalue weighted by atomic mass is 19.3. The minimum atomic E-state index is -2.98. The third kappa shape index (κ3) is 4.00.